The maximum Gasteiger partial charge on any atom is 0.416 e. The Bertz CT molecular complexity index is 841. The number of hydrogen-bond acceptors (Lipinski definition) is 3. The van der Waals surface area contributed by atoms with Gasteiger partial charge in [0.2, 0.25) is 5.91 Å². The molecule has 2 aromatic rings. The summed E-state index contributed by atoms with van der Waals surface area (Å²) in [6.07, 6.45) is -4.53. The predicted octanol–water partition coefficient (Wildman–Crippen LogP) is 4.30. The van der Waals surface area contributed by atoms with Crippen molar-refractivity contribution in [3.8, 4) is 0 Å². The van der Waals surface area contributed by atoms with Crippen molar-refractivity contribution >= 4 is 35.6 Å². The lowest BCUT2D eigenvalue weighted by Gasteiger charge is -2.16. The third-order valence-electron chi connectivity index (χ3n) is 4.04. The molecule has 2 rings (SSSR count). The standard InChI is InChI=1S/C19H20F3N3O2.ClH/c1-11(12(2)23)17(26)24-15-7-4-8-16(10-15)25-18(27)13-5-3-6-14(9-13)19(20,21)22;/h3-12H,23H2,1-2H3,(H,24,26)(H,25,27);1H. The Kier molecular flexibility index (Phi) is 8.01. The van der Waals surface area contributed by atoms with Crippen LogP contribution in [0.15, 0.2) is 48.5 Å². The molecule has 4 N–H and O–H groups in total. The van der Waals surface area contributed by atoms with Crippen molar-refractivity contribution in [2.75, 3.05) is 10.6 Å². The van der Waals surface area contributed by atoms with Crippen LogP contribution < -0.4 is 16.4 Å². The molecule has 0 radical (unpaired) electrons. The lowest BCUT2D eigenvalue weighted by atomic mass is 10.0. The van der Waals surface area contributed by atoms with Gasteiger partial charge in [0.15, 0.2) is 0 Å². The Morgan fingerprint density at radius 3 is 2.11 bits per heavy atom. The molecule has 0 aliphatic heterocycles. The Balaban J connectivity index is 0.00000392. The van der Waals surface area contributed by atoms with Crippen LogP contribution in [-0.2, 0) is 11.0 Å². The molecule has 2 unspecified atom stereocenters. The first kappa shape index (κ1) is 23.5. The largest absolute Gasteiger partial charge is 0.416 e. The van der Waals surface area contributed by atoms with E-state index in [-0.39, 0.29) is 29.9 Å². The number of anilines is 2. The molecule has 0 heterocycles. The summed E-state index contributed by atoms with van der Waals surface area (Å²) in [6.45, 7) is 3.41. The summed E-state index contributed by atoms with van der Waals surface area (Å²) >= 11 is 0. The van der Waals surface area contributed by atoms with Crippen molar-refractivity contribution < 1.29 is 22.8 Å². The Labute approximate surface area is 166 Å². The second kappa shape index (κ2) is 9.57. The minimum Gasteiger partial charge on any atom is -0.327 e. The van der Waals surface area contributed by atoms with Crippen molar-refractivity contribution in [2.24, 2.45) is 11.7 Å². The van der Waals surface area contributed by atoms with Crippen LogP contribution in [0.4, 0.5) is 24.5 Å². The maximum absolute atomic E-state index is 12.8. The number of carbonyl (C=O) groups is 2. The third kappa shape index (κ3) is 6.24. The number of nitrogens with two attached hydrogens (primary N) is 1. The molecule has 152 valence electrons. The van der Waals surface area contributed by atoms with Crippen LogP contribution in [-0.4, -0.2) is 17.9 Å². The van der Waals surface area contributed by atoms with E-state index in [1.807, 2.05) is 0 Å². The van der Waals surface area contributed by atoms with E-state index < -0.39 is 23.6 Å². The van der Waals surface area contributed by atoms with Gasteiger partial charge in [-0.05, 0) is 43.3 Å². The number of benzene rings is 2. The molecule has 0 aliphatic carbocycles. The molecular formula is C19H21ClF3N3O2. The molecule has 0 aromatic heterocycles. The summed E-state index contributed by atoms with van der Waals surface area (Å²) in [4.78, 5) is 24.3. The summed E-state index contributed by atoms with van der Waals surface area (Å²) in [5.74, 6) is -1.37. The molecule has 0 saturated heterocycles. The van der Waals surface area contributed by atoms with E-state index in [9.17, 15) is 22.8 Å². The first-order valence-corrected chi connectivity index (χ1v) is 8.23. The quantitative estimate of drug-likeness (QED) is 0.680. The van der Waals surface area contributed by atoms with Crippen molar-refractivity contribution in [1.29, 1.82) is 0 Å². The first-order chi connectivity index (χ1) is 12.6. The molecule has 0 spiro atoms. The van der Waals surface area contributed by atoms with Crippen LogP contribution in [0, 0.1) is 5.92 Å². The zero-order valence-electron chi connectivity index (χ0n) is 15.2. The van der Waals surface area contributed by atoms with E-state index in [4.69, 9.17) is 5.73 Å². The van der Waals surface area contributed by atoms with Crippen LogP contribution in [0.25, 0.3) is 0 Å². The number of amides is 2. The molecule has 0 fully saturated rings. The fourth-order valence-corrected chi connectivity index (χ4v) is 2.21. The summed E-state index contributed by atoms with van der Waals surface area (Å²) in [6, 6.07) is 10.1. The van der Waals surface area contributed by atoms with Gasteiger partial charge in [0.1, 0.15) is 0 Å². The first-order valence-electron chi connectivity index (χ1n) is 8.23. The monoisotopic (exact) mass is 415 g/mol. The van der Waals surface area contributed by atoms with Gasteiger partial charge in [-0.2, -0.15) is 13.2 Å². The molecule has 9 heteroatoms. The normalized spacial score (nSPS) is 13.1. The van der Waals surface area contributed by atoms with Crippen molar-refractivity contribution in [1.82, 2.24) is 0 Å². The SMILES string of the molecule is CC(N)C(C)C(=O)Nc1cccc(NC(=O)c2cccc(C(F)(F)F)c2)c1.Cl. The molecular weight excluding hydrogens is 395 g/mol. The van der Waals surface area contributed by atoms with E-state index in [1.54, 1.807) is 32.0 Å². The number of alkyl halides is 3. The number of carbonyl (C=O) groups excluding carboxylic acids is 2. The van der Waals surface area contributed by atoms with Gasteiger partial charge in [0.05, 0.1) is 11.5 Å². The zero-order chi connectivity index (χ0) is 20.2. The van der Waals surface area contributed by atoms with E-state index in [2.05, 4.69) is 10.6 Å². The van der Waals surface area contributed by atoms with Crippen LogP contribution in [0.5, 0.6) is 0 Å². The van der Waals surface area contributed by atoms with Crippen LogP contribution in [0.3, 0.4) is 0 Å². The Hall–Kier alpha value is -2.58. The molecule has 2 amide bonds. The van der Waals surface area contributed by atoms with Crippen LogP contribution >= 0.6 is 12.4 Å². The smallest absolute Gasteiger partial charge is 0.327 e. The van der Waals surface area contributed by atoms with Gasteiger partial charge >= 0.3 is 6.18 Å². The molecule has 0 bridgehead atoms. The highest BCUT2D eigenvalue weighted by atomic mass is 35.5. The van der Waals surface area contributed by atoms with Crippen molar-refractivity contribution in [3.05, 3.63) is 59.7 Å². The van der Waals surface area contributed by atoms with Crippen molar-refractivity contribution in [3.63, 3.8) is 0 Å². The van der Waals surface area contributed by atoms with Gasteiger partial charge in [-0.15, -0.1) is 12.4 Å². The van der Waals surface area contributed by atoms with Crippen LogP contribution in [0.1, 0.15) is 29.8 Å². The van der Waals surface area contributed by atoms with Gasteiger partial charge in [0, 0.05) is 23.0 Å². The van der Waals surface area contributed by atoms with E-state index in [0.717, 1.165) is 12.1 Å². The Morgan fingerprint density at radius 2 is 1.54 bits per heavy atom. The molecule has 0 saturated carbocycles. The number of rotatable bonds is 5. The number of hydrogen-bond donors (Lipinski definition) is 3. The summed E-state index contributed by atoms with van der Waals surface area (Å²) in [5.41, 5.74) is 5.45. The third-order valence-corrected chi connectivity index (χ3v) is 4.04. The van der Waals surface area contributed by atoms with Gasteiger partial charge < -0.3 is 16.4 Å². The fourth-order valence-electron chi connectivity index (χ4n) is 2.21. The fraction of sp³-hybridized carbons (Fsp3) is 0.263. The van der Waals surface area contributed by atoms with Gasteiger partial charge in [-0.1, -0.05) is 19.1 Å². The predicted molar refractivity (Wildman–Crippen MR) is 105 cm³/mol. The van der Waals surface area contributed by atoms with Gasteiger partial charge in [-0.3, -0.25) is 9.59 Å². The van der Waals surface area contributed by atoms with Gasteiger partial charge in [-0.25, -0.2) is 0 Å². The highest BCUT2D eigenvalue weighted by Crippen LogP contribution is 2.29. The van der Waals surface area contributed by atoms with Gasteiger partial charge in [0.25, 0.3) is 5.91 Å². The number of halogens is 4. The second-order valence-electron chi connectivity index (χ2n) is 6.25. The number of nitrogens with one attached hydrogen (secondary N) is 2. The zero-order valence-corrected chi connectivity index (χ0v) is 16.0. The van der Waals surface area contributed by atoms with E-state index in [1.165, 1.54) is 18.2 Å². The Morgan fingerprint density at radius 1 is 0.964 bits per heavy atom. The molecule has 2 atom stereocenters. The second-order valence-corrected chi connectivity index (χ2v) is 6.25. The highest BCUT2D eigenvalue weighted by molar-refractivity contribution is 6.04. The highest BCUT2D eigenvalue weighted by Gasteiger charge is 2.30. The minimum atomic E-state index is -4.53. The average Bonchev–Trinajstić information content (AvgIpc) is 2.60. The summed E-state index contributed by atoms with van der Waals surface area (Å²) in [7, 11) is 0. The molecule has 28 heavy (non-hydrogen) atoms. The minimum absolute atomic E-state index is 0. The molecule has 5 nitrogen and oxygen atoms in total. The van der Waals surface area contributed by atoms with E-state index >= 15 is 0 Å². The molecule has 2 aromatic carbocycles. The summed E-state index contributed by atoms with van der Waals surface area (Å²) in [5, 5.41) is 5.21. The lowest BCUT2D eigenvalue weighted by Crippen LogP contribution is -2.34. The topological polar surface area (TPSA) is 84.2 Å². The maximum atomic E-state index is 12.8. The molecule has 0 aliphatic rings. The summed E-state index contributed by atoms with van der Waals surface area (Å²) < 4.78 is 38.3. The lowest BCUT2D eigenvalue weighted by molar-refractivity contribution is -0.137. The van der Waals surface area contributed by atoms with Crippen molar-refractivity contribution in [2.45, 2.75) is 26.1 Å². The van der Waals surface area contributed by atoms with E-state index in [0.29, 0.717) is 11.4 Å². The average molecular weight is 416 g/mol. The van der Waals surface area contributed by atoms with Crippen LogP contribution in [0.2, 0.25) is 0 Å².